The topological polar surface area (TPSA) is 74.2 Å². The summed E-state index contributed by atoms with van der Waals surface area (Å²) in [5, 5.41) is 9.39. The fourth-order valence-corrected chi connectivity index (χ4v) is 4.25. The maximum atomic E-state index is 11.2. The van der Waals surface area contributed by atoms with Gasteiger partial charge in [-0.05, 0) is 35.4 Å². The Labute approximate surface area is 175 Å². The number of benzene rings is 2. The zero-order valence-electron chi connectivity index (χ0n) is 17.1. The lowest BCUT2D eigenvalue weighted by molar-refractivity contribution is -0.114. The minimum atomic E-state index is -0.0601. The van der Waals surface area contributed by atoms with Gasteiger partial charge in [0.25, 0.3) is 0 Å². The number of carbonyl (C=O) groups is 1. The van der Waals surface area contributed by atoms with Gasteiger partial charge in [-0.1, -0.05) is 18.2 Å². The highest BCUT2D eigenvalue weighted by atomic mass is 16.1. The normalized spacial score (nSPS) is 16.4. The van der Waals surface area contributed by atoms with Crippen molar-refractivity contribution in [1.82, 2.24) is 25.1 Å². The van der Waals surface area contributed by atoms with Crippen molar-refractivity contribution in [2.75, 3.05) is 31.6 Å². The average molecular weight is 403 g/mol. The van der Waals surface area contributed by atoms with Crippen LogP contribution in [0.4, 0.5) is 5.69 Å². The van der Waals surface area contributed by atoms with Crippen LogP contribution in [0.15, 0.2) is 54.4 Å². The molecule has 3 heterocycles. The Bertz CT molecular complexity index is 1110. The van der Waals surface area contributed by atoms with Crippen LogP contribution in [0, 0.1) is 0 Å². The van der Waals surface area contributed by atoms with Gasteiger partial charge in [0.1, 0.15) is 5.82 Å². The molecule has 3 N–H and O–H groups in total. The maximum Gasteiger partial charge on any atom is 0.221 e. The number of anilines is 1. The second kappa shape index (κ2) is 7.84. The van der Waals surface area contributed by atoms with Gasteiger partial charge >= 0.3 is 0 Å². The third-order valence-electron chi connectivity index (χ3n) is 5.75. The van der Waals surface area contributed by atoms with Gasteiger partial charge in [-0.25, -0.2) is 4.98 Å². The van der Waals surface area contributed by atoms with Crippen LogP contribution in [-0.4, -0.2) is 46.7 Å². The zero-order valence-corrected chi connectivity index (χ0v) is 17.1. The SMILES string of the molecule is CC(=O)Nc1ccc(-c2ccc3c(c2)nc2n3CCN(CC3=CNCN3)CC2)cc1. The highest BCUT2D eigenvalue weighted by Gasteiger charge is 2.19. The molecule has 0 aliphatic carbocycles. The Morgan fingerprint density at radius 1 is 1.10 bits per heavy atom. The molecule has 0 atom stereocenters. The number of nitrogens with one attached hydrogen (secondary N) is 3. The molecule has 2 aromatic carbocycles. The molecule has 154 valence electrons. The predicted octanol–water partition coefficient (Wildman–Crippen LogP) is 2.51. The van der Waals surface area contributed by atoms with Crippen LogP contribution in [0.2, 0.25) is 0 Å². The first-order valence-corrected chi connectivity index (χ1v) is 10.4. The first-order valence-electron chi connectivity index (χ1n) is 10.4. The molecule has 7 heteroatoms. The van der Waals surface area contributed by atoms with Crippen LogP contribution in [0.5, 0.6) is 0 Å². The number of hydrogen-bond donors (Lipinski definition) is 3. The fraction of sp³-hybridized carbons (Fsp3) is 0.304. The van der Waals surface area contributed by atoms with E-state index in [1.807, 2.05) is 24.3 Å². The fourth-order valence-electron chi connectivity index (χ4n) is 4.25. The molecule has 1 aromatic heterocycles. The number of imidazole rings is 1. The molecule has 0 saturated carbocycles. The molecule has 1 amide bonds. The monoisotopic (exact) mass is 402 g/mol. The standard InChI is InChI=1S/C23H26N6O/c1-16(30)26-19-5-2-17(3-6-19)18-4-7-22-21(12-18)27-23-8-9-28(10-11-29(22)23)14-20-13-24-15-25-20/h2-7,12-13,24-25H,8-11,14-15H2,1H3,(H,26,30). The summed E-state index contributed by atoms with van der Waals surface area (Å²) in [5.41, 5.74) is 6.57. The largest absolute Gasteiger partial charge is 0.372 e. The second-order valence-electron chi connectivity index (χ2n) is 7.90. The van der Waals surface area contributed by atoms with E-state index in [4.69, 9.17) is 4.98 Å². The Kier molecular flexibility index (Phi) is 4.88. The van der Waals surface area contributed by atoms with Crippen LogP contribution < -0.4 is 16.0 Å². The molecule has 0 saturated heterocycles. The Morgan fingerprint density at radius 2 is 1.93 bits per heavy atom. The summed E-state index contributed by atoms with van der Waals surface area (Å²) in [7, 11) is 0. The quantitative estimate of drug-likeness (QED) is 0.625. The molecule has 0 bridgehead atoms. The number of nitrogens with zero attached hydrogens (tertiary/aromatic N) is 3. The molecule has 7 nitrogen and oxygen atoms in total. The van der Waals surface area contributed by atoms with E-state index < -0.39 is 0 Å². The lowest BCUT2D eigenvalue weighted by Gasteiger charge is -2.20. The van der Waals surface area contributed by atoms with Gasteiger partial charge in [-0.15, -0.1) is 0 Å². The van der Waals surface area contributed by atoms with E-state index in [0.717, 1.165) is 67.4 Å². The number of aromatic nitrogens is 2. The summed E-state index contributed by atoms with van der Waals surface area (Å²) >= 11 is 0. The van der Waals surface area contributed by atoms with Gasteiger partial charge in [-0.2, -0.15) is 0 Å². The third kappa shape index (κ3) is 3.76. The molecule has 2 aliphatic rings. The van der Waals surface area contributed by atoms with Crippen molar-refractivity contribution in [2.45, 2.75) is 19.9 Å². The summed E-state index contributed by atoms with van der Waals surface area (Å²) in [6.07, 6.45) is 3.03. The molecule has 0 radical (unpaired) electrons. The zero-order chi connectivity index (χ0) is 20.5. The Morgan fingerprint density at radius 3 is 2.70 bits per heavy atom. The van der Waals surface area contributed by atoms with E-state index in [1.165, 1.54) is 18.1 Å². The summed E-state index contributed by atoms with van der Waals surface area (Å²) in [5.74, 6) is 1.10. The number of amides is 1. The molecule has 0 fully saturated rings. The molecule has 0 spiro atoms. The molecule has 30 heavy (non-hydrogen) atoms. The first-order chi connectivity index (χ1) is 14.7. The lowest BCUT2D eigenvalue weighted by Crippen LogP contribution is -2.31. The molecule has 3 aromatic rings. The van der Waals surface area contributed by atoms with Crippen molar-refractivity contribution in [2.24, 2.45) is 0 Å². The first kappa shape index (κ1) is 18.7. The molecular weight excluding hydrogens is 376 g/mol. The van der Waals surface area contributed by atoms with E-state index >= 15 is 0 Å². The number of rotatable bonds is 4. The van der Waals surface area contributed by atoms with E-state index in [-0.39, 0.29) is 5.91 Å². The predicted molar refractivity (Wildman–Crippen MR) is 119 cm³/mol. The smallest absolute Gasteiger partial charge is 0.221 e. The van der Waals surface area contributed by atoms with Crippen LogP contribution in [0.1, 0.15) is 12.7 Å². The third-order valence-corrected chi connectivity index (χ3v) is 5.75. The average Bonchev–Trinajstić information content (AvgIpc) is 3.32. The Balaban J connectivity index is 1.35. The van der Waals surface area contributed by atoms with Gasteiger partial charge in [0, 0.05) is 57.1 Å². The van der Waals surface area contributed by atoms with Crippen molar-refractivity contribution in [3.63, 3.8) is 0 Å². The van der Waals surface area contributed by atoms with Crippen LogP contribution in [0.3, 0.4) is 0 Å². The Hall–Kier alpha value is -3.32. The summed E-state index contributed by atoms with van der Waals surface area (Å²) in [4.78, 5) is 18.7. The molecular formula is C23H26N6O. The summed E-state index contributed by atoms with van der Waals surface area (Å²) in [6.45, 7) is 6.28. The van der Waals surface area contributed by atoms with E-state index in [1.54, 1.807) is 0 Å². The second-order valence-corrected chi connectivity index (χ2v) is 7.90. The minimum Gasteiger partial charge on any atom is -0.372 e. The van der Waals surface area contributed by atoms with Crippen LogP contribution in [-0.2, 0) is 17.8 Å². The van der Waals surface area contributed by atoms with Crippen molar-refractivity contribution in [3.8, 4) is 11.1 Å². The van der Waals surface area contributed by atoms with Crippen molar-refractivity contribution in [3.05, 3.63) is 60.2 Å². The summed E-state index contributed by atoms with van der Waals surface area (Å²) < 4.78 is 2.37. The maximum absolute atomic E-state index is 11.2. The van der Waals surface area contributed by atoms with Gasteiger partial charge in [0.15, 0.2) is 0 Å². The van der Waals surface area contributed by atoms with E-state index in [9.17, 15) is 4.79 Å². The number of carbonyl (C=O) groups excluding carboxylic acids is 1. The van der Waals surface area contributed by atoms with Crippen LogP contribution in [0.25, 0.3) is 22.2 Å². The molecule has 0 unspecified atom stereocenters. The highest BCUT2D eigenvalue weighted by molar-refractivity contribution is 5.89. The van der Waals surface area contributed by atoms with Gasteiger partial charge in [0.2, 0.25) is 5.91 Å². The van der Waals surface area contributed by atoms with Gasteiger partial charge < -0.3 is 20.5 Å². The lowest BCUT2D eigenvalue weighted by atomic mass is 10.0. The van der Waals surface area contributed by atoms with E-state index in [0.29, 0.717) is 0 Å². The number of fused-ring (bicyclic) bond motifs is 3. The van der Waals surface area contributed by atoms with Crippen molar-refractivity contribution >= 4 is 22.6 Å². The van der Waals surface area contributed by atoms with Gasteiger partial charge in [0.05, 0.1) is 17.7 Å². The summed E-state index contributed by atoms with van der Waals surface area (Å²) in [6, 6.07) is 14.4. The highest BCUT2D eigenvalue weighted by Crippen LogP contribution is 2.27. The molecule has 5 rings (SSSR count). The van der Waals surface area contributed by atoms with Gasteiger partial charge in [-0.3, -0.25) is 9.69 Å². The minimum absolute atomic E-state index is 0.0601. The van der Waals surface area contributed by atoms with Crippen molar-refractivity contribution < 1.29 is 4.79 Å². The van der Waals surface area contributed by atoms with Crippen LogP contribution >= 0.6 is 0 Å². The molecule has 2 aliphatic heterocycles. The van der Waals surface area contributed by atoms with E-state index in [2.05, 4.69) is 49.8 Å². The van der Waals surface area contributed by atoms with Crippen molar-refractivity contribution in [1.29, 1.82) is 0 Å². The number of hydrogen-bond acceptors (Lipinski definition) is 5.